The van der Waals surface area contributed by atoms with Gasteiger partial charge in [-0.05, 0) is 38.5 Å². The normalized spacial score (nSPS) is 16.5. The van der Waals surface area contributed by atoms with Crippen molar-refractivity contribution in [1.29, 1.82) is 0 Å². The van der Waals surface area contributed by atoms with Gasteiger partial charge in [-0.2, -0.15) is 0 Å². The van der Waals surface area contributed by atoms with Crippen LogP contribution in [0.3, 0.4) is 0 Å². The van der Waals surface area contributed by atoms with Crippen LogP contribution >= 0.6 is 0 Å². The van der Waals surface area contributed by atoms with Crippen molar-refractivity contribution in [3.8, 4) is 0 Å². The third-order valence-corrected chi connectivity index (χ3v) is 4.43. The summed E-state index contributed by atoms with van der Waals surface area (Å²) in [7, 11) is 4.00. The summed E-state index contributed by atoms with van der Waals surface area (Å²) >= 11 is 0. The highest BCUT2D eigenvalue weighted by atomic mass is 16.5. The molecule has 27 heavy (non-hydrogen) atoms. The highest BCUT2D eigenvalue weighted by molar-refractivity contribution is 6.35. The van der Waals surface area contributed by atoms with Crippen LogP contribution < -0.4 is 15.5 Å². The Kier molecular flexibility index (Phi) is 7.21. The van der Waals surface area contributed by atoms with Crippen LogP contribution in [0.4, 0.5) is 5.69 Å². The second kappa shape index (κ2) is 9.19. The lowest BCUT2D eigenvalue weighted by Gasteiger charge is -2.35. The van der Waals surface area contributed by atoms with Crippen LogP contribution in [0, 0.1) is 0 Å². The predicted octanol–water partition coefficient (Wildman–Crippen LogP) is 1.16. The molecule has 2 rings (SSSR count). The maximum absolute atomic E-state index is 12.2. The molecule has 1 aromatic carbocycles. The van der Waals surface area contributed by atoms with Gasteiger partial charge in [-0.25, -0.2) is 0 Å². The Bertz CT molecular complexity index is 632. The topological polar surface area (TPSA) is 73.9 Å². The van der Waals surface area contributed by atoms with E-state index in [0.29, 0.717) is 19.8 Å². The van der Waals surface area contributed by atoms with Gasteiger partial charge in [0.25, 0.3) is 0 Å². The van der Waals surface area contributed by atoms with E-state index in [1.807, 2.05) is 39.8 Å². The maximum atomic E-state index is 12.2. The minimum atomic E-state index is -0.605. The van der Waals surface area contributed by atoms with Gasteiger partial charge >= 0.3 is 11.8 Å². The third-order valence-electron chi connectivity index (χ3n) is 4.43. The molecule has 1 atom stereocenters. The molecular weight excluding hydrogens is 344 g/mol. The molecule has 0 aliphatic carbocycles. The van der Waals surface area contributed by atoms with Gasteiger partial charge in [-0.1, -0.05) is 12.1 Å². The molecule has 0 radical (unpaired) electrons. The van der Waals surface area contributed by atoms with Gasteiger partial charge < -0.3 is 20.3 Å². The lowest BCUT2D eigenvalue weighted by atomic mass is 10.0. The zero-order chi connectivity index (χ0) is 20.0. The van der Waals surface area contributed by atoms with Gasteiger partial charge in [0.2, 0.25) is 0 Å². The number of rotatable bonds is 5. The van der Waals surface area contributed by atoms with Gasteiger partial charge in [0.15, 0.2) is 0 Å². The van der Waals surface area contributed by atoms with Crippen LogP contribution in [0.2, 0.25) is 0 Å². The number of carbonyl (C=O) groups is 2. The maximum Gasteiger partial charge on any atom is 0.309 e. The summed E-state index contributed by atoms with van der Waals surface area (Å²) in [6.07, 6.45) is 0. The lowest BCUT2D eigenvalue weighted by Crippen LogP contribution is -2.50. The van der Waals surface area contributed by atoms with Gasteiger partial charge in [0.05, 0.1) is 19.3 Å². The second-order valence-electron chi connectivity index (χ2n) is 8.06. The molecule has 0 saturated carbocycles. The van der Waals surface area contributed by atoms with Crippen molar-refractivity contribution in [2.75, 3.05) is 51.8 Å². The van der Waals surface area contributed by atoms with E-state index in [0.717, 1.165) is 24.3 Å². The molecule has 0 bridgehead atoms. The molecule has 1 saturated heterocycles. The van der Waals surface area contributed by atoms with E-state index in [1.54, 1.807) is 0 Å². The van der Waals surface area contributed by atoms with E-state index < -0.39 is 17.4 Å². The average Bonchev–Trinajstić information content (AvgIpc) is 2.61. The molecule has 0 spiro atoms. The number of carbonyl (C=O) groups excluding carboxylic acids is 2. The van der Waals surface area contributed by atoms with Crippen molar-refractivity contribution < 1.29 is 14.3 Å². The highest BCUT2D eigenvalue weighted by Gasteiger charge is 2.25. The standard InChI is InChI=1S/C20H32N4O3/c1-20(2,3)22-19(26)18(25)21-14-17(24-10-12-27-13-11-24)15-6-8-16(9-7-15)23(4)5/h6-9,17H,10-14H2,1-5H3,(H,21,25)(H,22,26)/t17-/m0/s1. The molecule has 1 fully saturated rings. The molecule has 150 valence electrons. The highest BCUT2D eigenvalue weighted by Crippen LogP contribution is 2.23. The number of anilines is 1. The van der Waals surface area contributed by atoms with Crippen molar-refractivity contribution in [3.63, 3.8) is 0 Å². The smallest absolute Gasteiger partial charge is 0.309 e. The van der Waals surface area contributed by atoms with Crippen LogP contribution in [0.1, 0.15) is 32.4 Å². The number of ether oxygens (including phenoxy) is 1. The molecule has 1 aliphatic rings. The Morgan fingerprint density at radius 1 is 1.11 bits per heavy atom. The molecule has 0 unspecified atom stereocenters. The van der Waals surface area contributed by atoms with Gasteiger partial charge in [-0.3, -0.25) is 14.5 Å². The fourth-order valence-electron chi connectivity index (χ4n) is 3.01. The summed E-state index contributed by atoms with van der Waals surface area (Å²) in [4.78, 5) is 28.6. The third kappa shape index (κ3) is 6.52. The minimum absolute atomic E-state index is 0.00324. The molecule has 7 heteroatoms. The van der Waals surface area contributed by atoms with Crippen molar-refractivity contribution in [2.24, 2.45) is 0 Å². The Hall–Kier alpha value is -2.12. The van der Waals surface area contributed by atoms with E-state index in [9.17, 15) is 9.59 Å². The van der Waals surface area contributed by atoms with E-state index in [2.05, 4.69) is 39.8 Å². The molecule has 2 N–H and O–H groups in total. The largest absolute Gasteiger partial charge is 0.379 e. The number of nitrogens with one attached hydrogen (secondary N) is 2. The first-order valence-electron chi connectivity index (χ1n) is 9.37. The van der Waals surface area contributed by atoms with E-state index >= 15 is 0 Å². The van der Waals surface area contributed by atoms with Crippen molar-refractivity contribution in [1.82, 2.24) is 15.5 Å². The Labute approximate surface area is 162 Å². The van der Waals surface area contributed by atoms with E-state index in [1.165, 1.54) is 0 Å². The van der Waals surface area contributed by atoms with Gasteiger partial charge in [0, 0.05) is 45.0 Å². The van der Waals surface area contributed by atoms with Crippen molar-refractivity contribution in [2.45, 2.75) is 32.4 Å². The lowest BCUT2D eigenvalue weighted by molar-refractivity contribution is -0.140. The SMILES string of the molecule is CN(C)c1ccc([C@H](CNC(=O)C(=O)NC(C)(C)C)N2CCOCC2)cc1. The summed E-state index contributed by atoms with van der Waals surface area (Å²) < 4.78 is 5.46. The fraction of sp³-hybridized carbons (Fsp3) is 0.600. The Morgan fingerprint density at radius 3 is 2.22 bits per heavy atom. The monoisotopic (exact) mass is 376 g/mol. The molecule has 7 nitrogen and oxygen atoms in total. The second-order valence-corrected chi connectivity index (χ2v) is 8.06. The summed E-state index contributed by atoms with van der Waals surface area (Å²) in [6.45, 7) is 8.85. The number of benzene rings is 1. The first-order valence-corrected chi connectivity index (χ1v) is 9.37. The summed E-state index contributed by atoms with van der Waals surface area (Å²) in [5.74, 6) is -1.21. The molecule has 2 amide bonds. The summed E-state index contributed by atoms with van der Waals surface area (Å²) in [6, 6.07) is 8.29. The fourth-order valence-corrected chi connectivity index (χ4v) is 3.01. The van der Waals surface area contributed by atoms with E-state index in [-0.39, 0.29) is 6.04 Å². The Balaban J connectivity index is 2.08. The van der Waals surface area contributed by atoms with Gasteiger partial charge in [0.1, 0.15) is 0 Å². The molecule has 1 heterocycles. The van der Waals surface area contributed by atoms with Crippen LogP contribution in [0.15, 0.2) is 24.3 Å². The molecule has 0 aromatic heterocycles. The number of hydrogen-bond donors (Lipinski definition) is 2. The average molecular weight is 377 g/mol. The summed E-state index contributed by atoms with van der Waals surface area (Å²) in [5.41, 5.74) is 1.78. The van der Waals surface area contributed by atoms with Crippen LogP contribution in [0.25, 0.3) is 0 Å². The van der Waals surface area contributed by atoms with Crippen LogP contribution in [-0.4, -0.2) is 69.2 Å². The van der Waals surface area contributed by atoms with Crippen LogP contribution in [0.5, 0.6) is 0 Å². The van der Waals surface area contributed by atoms with Crippen molar-refractivity contribution in [3.05, 3.63) is 29.8 Å². The number of hydrogen-bond acceptors (Lipinski definition) is 5. The quantitative estimate of drug-likeness (QED) is 0.755. The van der Waals surface area contributed by atoms with E-state index in [4.69, 9.17) is 4.74 Å². The number of morpholine rings is 1. The van der Waals surface area contributed by atoms with Crippen molar-refractivity contribution >= 4 is 17.5 Å². The minimum Gasteiger partial charge on any atom is -0.379 e. The number of nitrogens with zero attached hydrogens (tertiary/aromatic N) is 2. The molecule has 1 aromatic rings. The first kappa shape index (κ1) is 21.2. The molecule has 1 aliphatic heterocycles. The molecular formula is C20H32N4O3. The zero-order valence-corrected chi connectivity index (χ0v) is 17.0. The summed E-state index contributed by atoms with van der Waals surface area (Å²) in [5, 5.41) is 5.49. The zero-order valence-electron chi connectivity index (χ0n) is 17.0. The Morgan fingerprint density at radius 2 is 1.70 bits per heavy atom. The first-order chi connectivity index (χ1) is 12.7. The predicted molar refractivity (Wildman–Crippen MR) is 107 cm³/mol. The number of amides is 2. The van der Waals surface area contributed by atoms with Gasteiger partial charge in [-0.15, -0.1) is 0 Å². The van der Waals surface area contributed by atoms with Crippen LogP contribution in [-0.2, 0) is 14.3 Å².